The predicted molar refractivity (Wildman–Crippen MR) is 104 cm³/mol. The van der Waals surface area contributed by atoms with Gasteiger partial charge in [0.15, 0.2) is 11.5 Å². The van der Waals surface area contributed by atoms with Gasteiger partial charge in [-0.15, -0.1) is 0 Å². The summed E-state index contributed by atoms with van der Waals surface area (Å²) in [4.78, 5) is 14.7. The molecule has 1 fully saturated rings. The third-order valence-electron chi connectivity index (χ3n) is 5.16. The maximum absolute atomic E-state index is 14.4. The second kappa shape index (κ2) is 8.53. The molecule has 1 aliphatic rings. The summed E-state index contributed by atoms with van der Waals surface area (Å²) in [5.74, 6) is -1.13. The number of aromatic nitrogens is 1. The number of nitrogens with zero attached hydrogens (tertiary/aromatic N) is 2. The summed E-state index contributed by atoms with van der Waals surface area (Å²) in [6, 6.07) is 14.1. The molecule has 0 saturated carbocycles. The van der Waals surface area contributed by atoms with Gasteiger partial charge in [-0.05, 0) is 32.0 Å². The number of carbonyl (C=O) groups is 1. The van der Waals surface area contributed by atoms with Crippen LogP contribution in [-0.4, -0.2) is 35.6 Å². The van der Waals surface area contributed by atoms with Crippen molar-refractivity contribution in [3.63, 3.8) is 0 Å². The predicted octanol–water partition coefficient (Wildman–Crippen LogP) is 4.19. The number of rotatable bonds is 6. The molecular weight excluding hydrogens is 376 g/mol. The Balaban J connectivity index is 1.48. The summed E-state index contributed by atoms with van der Waals surface area (Å²) in [5, 5.41) is 6.66. The molecule has 4 rings (SSSR count). The number of likely N-dealkylation sites (tertiary alicyclic amines) is 1. The van der Waals surface area contributed by atoms with Gasteiger partial charge in [0.25, 0.3) is 5.91 Å². The lowest BCUT2D eigenvalue weighted by atomic mass is 10.0. The third-order valence-corrected chi connectivity index (χ3v) is 5.16. The Morgan fingerprint density at radius 3 is 2.59 bits per heavy atom. The number of halogens is 2. The van der Waals surface area contributed by atoms with Crippen LogP contribution in [0.3, 0.4) is 0 Å². The van der Waals surface area contributed by atoms with Crippen LogP contribution in [-0.2, 0) is 0 Å². The van der Waals surface area contributed by atoms with Gasteiger partial charge in [-0.3, -0.25) is 9.69 Å². The Kier molecular flexibility index (Phi) is 5.67. The molecule has 0 aliphatic carbocycles. The number of benzene rings is 2. The Hall–Kier alpha value is -3.06. The molecule has 1 aromatic heterocycles. The SMILES string of the molecule is O=C(NC[C@@H](c1ccc(F)cc1F)N1CCCC1)c1cc(-c2ccccc2)on1. The zero-order valence-electron chi connectivity index (χ0n) is 15.8. The topological polar surface area (TPSA) is 58.4 Å². The molecular formula is C22H21F2N3O2. The van der Waals surface area contributed by atoms with Gasteiger partial charge in [-0.25, -0.2) is 8.78 Å². The van der Waals surface area contributed by atoms with Crippen molar-refractivity contribution in [3.05, 3.63) is 77.5 Å². The largest absolute Gasteiger partial charge is 0.355 e. The van der Waals surface area contributed by atoms with Crippen molar-refractivity contribution in [1.82, 2.24) is 15.4 Å². The molecule has 2 aromatic carbocycles. The molecule has 150 valence electrons. The fourth-order valence-corrected chi connectivity index (χ4v) is 3.66. The minimum Gasteiger partial charge on any atom is -0.355 e. The molecule has 0 spiro atoms. The van der Waals surface area contributed by atoms with Crippen molar-refractivity contribution in [3.8, 4) is 11.3 Å². The van der Waals surface area contributed by atoms with E-state index in [-0.39, 0.29) is 18.3 Å². The van der Waals surface area contributed by atoms with Crippen molar-refractivity contribution in [1.29, 1.82) is 0 Å². The first kappa shape index (κ1) is 19.3. The van der Waals surface area contributed by atoms with Gasteiger partial charge >= 0.3 is 0 Å². The molecule has 1 atom stereocenters. The van der Waals surface area contributed by atoms with Crippen LogP contribution in [0, 0.1) is 11.6 Å². The molecule has 29 heavy (non-hydrogen) atoms. The molecule has 2 heterocycles. The molecule has 1 saturated heterocycles. The molecule has 0 bridgehead atoms. The van der Waals surface area contributed by atoms with Crippen LogP contribution < -0.4 is 5.32 Å². The minimum absolute atomic E-state index is 0.156. The van der Waals surface area contributed by atoms with Gasteiger partial charge in [0.1, 0.15) is 11.6 Å². The monoisotopic (exact) mass is 397 g/mol. The smallest absolute Gasteiger partial charge is 0.273 e. The Labute approximate surface area is 167 Å². The molecule has 0 radical (unpaired) electrons. The van der Waals surface area contributed by atoms with E-state index in [9.17, 15) is 13.6 Å². The zero-order chi connectivity index (χ0) is 20.2. The summed E-state index contributed by atoms with van der Waals surface area (Å²) in [7, 11) is 0. The van der Waals surface area contributed by atoms with Gasteiger partial charge in [0.05, 0.1) is 6.04 Å². The number of carbonyl (C=O) groups excluding carboxylic acids is 1. The molecule has 1 N–H and O–H groups in total. The van der Waals surface area contributed by atoms with Crippen LogP contribution in [0.25, 0.3) is 11.3 Å². The Bertz CT molecular complexity index is 985. The van der Waals surface area contributed by atoms with Crippen molar-refractivity contribution >= 4 is 5.91 Å². The van der Waals surface area contributed by atoms with Gasteiger partial charge in [0.2, 0.25) is 0 Å². The summed E-state index contributed by atoms with van der Waals surface area (Å²) in [5.41, 5.74) is 1.35. The molecule has 7 heteroatoms. The van der Waals surface area contributed by atoms with E-state index in [4.69, 9.17) is 4.52 Å². The fraction of sp³-hybridized carbons (Fsp3) is 0.273. The zero-order valence-corrected chi connectivity index (χ0v) is 15.8. The highest BCUT2D eigenvalue weighted by Gasteiger charge is 2.27. The maximum Gasteiger partial charge on any atom is 0.273 e. The number of hydrogen-bond acceptors (Lipinski definition) is 4. The van der Waals surface area contributed by atoms with Crippen molar-refractivity contribution < 1.29 is 18.1 Å². The first-order valence-electron chi connectivity index (χ1n) is 9.61. The lowest BCUT2D eigenvalue weighted by Crippen LogP contribution is -2.37. The second-order valence-corrected chi connectivity index (χ2v) is 7.08. The lowest BCUT2D eigenvalue weighted by Gasteiger charge is -2.28. The summed E-state index contributed by atoms with van der Waals surface area (Å²) < 4.78 is 33.0. The lowest BCUT2D eigenvalue weighted by molar-refractivity contribution is 0.0928. The normalized spacial score (nSPS) is 15.4. The van der Waals surface area contributed by atoms with Crippen LogP contribution >= 0.6 is 0 Å². The van der Waals surface area contributed by atoms with E-state index in [0.717, 1.165) is 37.6 Å². The summed E-state index contributed by atoms with van der Waals surface area (Å²) in [6.45, 7) is 1.80. The number of hydrogen-bond donors (Lipinski definition) is 1. The maximum atomic E-state index is 14.4. The van der Waals surface area contributed by atoms with Crippen LogP contribution in [0.1, 0.15) is 34.9 Å². The van der Waals surface area contributed by atoms with E-state index < -0.39 is 17.5 Å². The van der Waals surface area contributed by atoms with E-state index >= 15 is 0 Å². The number of nitrogens with one attached hydrogen (secondary N) is 1. The molecule has 3 aromatic rings. The Morgan fingerprint density at radius 1 is 1.10 bits per heavy atom. The quantitative estimate of drug-likeness (QED) is 0.678. The first-order chi connectivity index (χ1) is 14.1. The highest BCUT2D eigenvalue weighted by atomic mass is 19.1. The van der Waals surface area contributed by atoms with E-state index in [1.165, 1.54) is 12.1 Å². The second-order valence-electron chi connectivity index (χ2n) is 7.08. The minimum atomic E-state index is -0.619. The van der Waals surface area contributed by atoms with Crippen LogP contribution in [0.15, 0.2) is 59.1 Å². The average molecular weight is 397 g/mol. The van der Waals surface area contributed by atoms with Crippen molar-refractivity contribution in [2.75, 3.05) is 19.6 Å². The molecule has 5 nitrogen and oxygen atoms in total. The van der Waals surface area contributed by atoms with Crippen LogP contribution in [0.4, 0.5) is 8.78 Å². The van der Waals surface area contributed by atoms with Gasteiger partial charge in [-0.1, -0.05) is 41.6 Å². The first-order valence-corrected chi connectivity index (χ1v) is 9.61. The average Bonchev–Trinajstić information content (AvgIpc) is 3.42. The van der Waals surface area contributed by atoms with Crippen LogP contribution in [0.5, 0.6) is 0 Å². The van der Waals surface area contributed by atoms with E-state index in [0.29, 0.717) is 11.3 Å². The van der Waals surface area contributed by atoms with E-state index in [2.05, 4.69) is 15.4 Å². The Morgan fingerprint density at radius 2 is 1.86 bits per heavy atom. The van der Waals surface area contributed by atoms with Crippen molar-refractivity contribution in [2.24, 2.45) is 0 Å². The van der Waals surface area contributed by atoms with E-state index in [1.54, 1.807) is 6.07 Å². The summed E-state index contributed by atoms with van der Waals surface area (Å²) >= 11 is 0. The van der Waals surface area contributed by atoms with Crippen LogP contribution in [0.2, 0.25) is 0 Å². The standard InChI is InChI=1S/C22H21F2N3O2/c23-16-8-9-17(18(24)12-16)20(27-10-4-5-11-27)14-25-22(28)19-13-21(29-26-19)15-6-2-1-3-7-15/h1-3,6-9,12-13,20H,4-5,10-11,14H2,(H,25,28)/t20-/m0/s1. The highest BCUT2D eigenvalue weighted by molar-refractivity contribution is 5.93. The van der Waals surface area contributed by atoms with Gasteiger partial charge in [-0.2, -0.15) is 0 Å². The number of amides is 1. The molecule has 1 amide bonds. The third kappa shape index (κ3) is 4.35. The van der Waals surface area contributed by atoms with Gasteiger partial charge in [0, 0.05) is 29.8 Å². The molecule has 1 aliphatic heterocycles. The molecule has 0 unspecified atom stereocenters. The van der Waals surface area contributed by atoms with E-state index in [1.807, 2.05) is 30.3 Å². The summed E-state index contributed by atoms with van der Waals surface area (Å²) in [6.07, 6.45) is 2.02. The highest BCUT2D eigenvalue weighted by Crippen LogP contribution is 2.27. The fourth-order valence-electron chi connectivity index (χ4n) is 3.66. The van der Waals surface area contributed by atoms with Crippen molar-refractivity contribution in [2.45, 2.75) is 18.9 Å². The van der Waals surface area contributed by atoms with Gasteiger partial charge < -0.3 is 9.84 Å².